The predicted octanol–water partition coefficient (Wildman–Crippen LogP) is 1.76. The lowest BCUT2D eigenvalue weighted by atomic mass is 10.2. The molecule has 0 fully saturated rings. The molecule has 2 aromatic rings. The molecule has 1 aromatic heterocycles. The summed E-state index contributed by atoms with van der Waals surface area (Å²) in [5.74, 6) is 0. The van der Waals surface area contributed by atoms with Crippen molar-refractivity contribution in [1.82, 2.24) is 9.78 Å². The van der Waals surface area contributed by atoms with Crippen LogP contribution in [0.25, 0.3) is 0 Å². The van der Waals surface area contributed by atoms with E-state index in [-0.39, 0.29) is 0 Å². The van der Waals surface area contributed by atoms with Gasteiger partial charge in [0, 0.05) is 12.7 Å². The molecule has 0 saturated heterocycles. The molecule has 1 aromatic carbocycles. The third-order valence-corrected chi connectivity index (χ3v) is 2.60. The van der Waals surface area contributed by atoms with E-state index in [1.54, 1.807) is 12.1 Å². The van der Waals surface area contributed by atoms with Crippen molar-refractivity contribution in [1.29, 1.82) is 5.26 Å². The third kappa shape index (κ3) is 2.80. The molecule has 0 unspecified atom stereocenters. The first-order valence-corrected chi connectivity index (χ1v) is 5.71. The molecule has 1 heterocycles. The first-order chi connectivity index (χ1) is 8.69. The molecule has 2 rings (SSSR count). The second-order valence-electron chi connectivity index (χ2n) is 4.12. The van der Waals surface area contributed by atoms with Crippen molar-refractivity contribution in [2.24, 2.45) is 0 Å². The highest BCUT2D eigenvalue weighted by atomic mass is 15.3. The van der Waals surface area contributed by atoms with Gasteiger partial charge < -0.3 is 11.1 Å². The lowest BCUT2D eigenvalue weighted by Gasteiger charge is -2.09. The van der Waals surface area contributed by atoms with Gasteiger partial charge in [-0.2, -0.15) is 10.4 Å². The number of nitrogens with zero attached hydrogens (tertiary/aromatic N) is 3. The molecule has 0 aliphatic rings. The summed E-state index contributed by atoms with van der Waals surface area (Å²) in [5, 5.41) is 16.2. The molecule has 18 heavy (non-hydrogen) atoms. The molecule has 0 atom stereocenters. The number of benzene rings is 1. The third-order valence-electron chi connectivity index (χ3n) is 2.60. The zero-order chi connectivity index (χ0) is 13.0. The van der Waals surface area contributed by atoms with Crippen molar-refractivity contribution in [3.8, 4) is 6.07 Å². The summed E-state index contributed by atoms with van der Waals surface area (Å²) in [6, 6.07) is 7.29. The quantitative estimate of drug-likeness (QED) is 0.799. The fraction of sp³-hybridized carbons (Fsp3) is 0.231. The maximum atomic E-state index is 8.74. The maximum absolute atomic E-state index is 8.74. The van der Waals surface area contributed by atoms with Crippen molar-refractivity contribution in [3.05, 3.63) is 41.7 Å². The van der Waals surface area contributed by atoms with Crippen molar-refractivity contribution in [2.75, 3.05) is 17.6 Å². The summed E-state index contributed by atoms with van der Waals surface area (Å²) in [4.78, 5) is 0. The molecule has 0 bridgehead atoms. The van der Waals surface area contributed by atoms with E-state index in [0.717, 1.165) is 24.3 Å². The molecule has 0 radical (unpaired) electrons. The van der Waals surface area contributed by atoms with Gasteiger partial charge in [0.15, 0.2) is 0 Å². The van der Waals surface area contributed by atoms with Gasteiger partial charge >= 0.3 is 0 Å². The number of aryl methyl sites for hydroxylation is 1. The Morgan fingerprint density at radius 3 is 2.94 bits per heavy atom. The minimum Gasteiger partial charge on any atom is -0.397 e. The topological polar surface area (TPSA) is 79.7 Å². The summed E-state index contributed by atoms with van der Waals surface area (Å²) in [5.41, 5.74) is 8.99. The van der Waals surface area contributed by atoms with E-state index in [2.05, 4.69) is 16.5 Å². The Hall–Kier alpha value is -2.48. The Labute approximate surface area is 106 Å². The fourth-order valence-electron chi connectivity index (χ4n) is 1.69. The van der Waals surface area contributed by atoms with E-state index in [9.17, 15) is 0 Å². The SMILES string of the molecule is Cc1cnn(CCNc2ccc(C#N)cc2N)c1. The van der Waals surface area contributed by atoms with Crippen LogP contribution in [0.2, 0.25) is 0 Å². The smallest absolute Gasteiger partial charge is 0.0992 e. The number of nitrogens with one attached hydrogen (secondary N) is 1. The lowest BCUT2D eigenvalue weighted by molar-refractivity contribution is 0.637. The van der Waals surface area contributed by atoms with Gasteiger partial charge in [-0.25, -0.2) is 0 Å². The van der Waals surface area contributed by atoms with Crippen molar-refractivity contribution < 1.29 is 0 Å². The maximum Gasteiger partial charge on any atom is 0.0992 e. The van der Waals surface area contributed by atoms with Gasteiger partial charge in [-0.15, -0.1) is 0 Å². The van der Waals surface area contributed by atoms with Gasteiger partial charge in [0.2, 0.25) is 0 Å². The van der Waals surface area contributed by atoms with Crippen LogP contribution in [0, 0.1) is 18.3 Å². The molecular weight excluding hydrogens is 226 g/mol. The van der Waals surface area contributed by atoms with E-state index in [0.29, 0.717) is 11.3 Å². The fourth-order valence-corrected chi connectivity index (χ4v) is 1.69. The minimum absolute atomic E-state index is 0.570. The molecular formula is C13H15N5. The van der Waals surface area contributed by atoms with E-state index in [4.69, 9.17) is 11.0 Å². The molecule has 92 valence electrons. The summed E-state index contributed by atoms with van der Waals surface area (Å²) >= 11 is 0. The molecule has 0 saturated carbocycles. The van der Waals surface area contributed by atoms with Gasteiger partial charge in [-0.05, 0) is 30.7 Å². The normalized spacial score (nSPS) is 10.0. The molecule has 3 N–H and O–H groups in total. The van der Waals surface area contributed by atoms with E-state index in [1.165, 1.54) is 0 Å². The zero-order valence-corrected chi connectivity index (χ0v) is 10.2. The molecule has 0 amide bonds. The highest BCUT2D eigenvalue weighted by molar-refractivity contribution is 5.68. The largest absolute Gasteiger partial charge is 0.397 e. The molecule has 0 aliphatic carbocycles. The van der Waals surface area contributed by atoms with Crippen LogP contribution < -0.4 is 11.1 Å². The standard InChI is InChI=1S/C13H15N5/c1-10-8-17-18(9-10)5-4-16-13-3-2-11(7-14)6-12(13)15/h2-3,6,8-9,16H,4-5,15H2,1H3. The average molecular weight is 241 g/mol. The Morgan fingerprint density at radius 1 is 1.50 bits per heavy atom. The summed E-state index contributed by atoms with van der Waals surface area (Å²) in [7, 11) is 0. The second-order valence-corrected chi connectivity index (χ2v) is 4.12. The van der Waals surface area contributed by atoms with Crippen LogP contribution in [0.4, 0.5) is 11.4 Å². The highest BCUT2D eigenvalue weighted by Crippen LogP contribution is 2.19. The number of rotatable bonds is 4. The van der Waals surface area contributed by atoms with Crippen molar-refractivity contribution in [3.63, 3.8) is 0 Å². The Morgan fingerprint density at radius 2 is 2.33 bits per heavy atom. The van der Waals surface area contributed by atoms with Crippen LogP contribution in [0.1, 0.15) is 11.1 Å². The van der Waals surface area contributed by atoms with E-state index in [1.807, 2.05) is 30.1 Å². The van der Waals surface area contributed by atoms with Gasteiger partial charge in [0.05, 0.1) is 35.7 Å². The lowest BCUT2D eigenvalue weighted by Crippen LogP contribution is -2.11. The number of anilines is 2. The number of nitrogens with two attached hydrogens (primary N) is 1. The summed E-state index contributed by atoms with van der Waals surface area (Å²) in [6.45, 7) is 3.51. The van der Waals surface area contributed by atoms with E-state index >= 15 is 0 Å². The van der Waals surface area contributed by atoms with Crippen LogP contribution in [0.15, 0.2) is 30.6 Å². The Bertz CT molecular complexity index is 579. The summed E-state index contributed by atoms with van der Waals surface area (Å²) in [6.07, 6.45) is 3.82. The van der Waals surface area contributed by atoms with Gasteiger partial charge in [-0.1, -0.05) is 0 Å². The Balaban J connectivity index is 1.92. The minimum atomic E-state index is 0.570. The number of hydrogen-bond acceptors (Lipinski definition) is 4. The first kappa shape index (κ1) is 12.0. The van der Waals surface area contributed by atoms with Crippen LogP contribution in [-0.2, 0) is 6.54 Å². The van der Waals surface area contributed by atoms with Gasteiger partial charge in [0.25, 0.3) is 0 Å². The van der Waals surface area contributed by atoms with Crippen molar-refractivity contribution in [2.45, 2.75) is 13.5 Å². The van der Waals surface area contributed by atoms with Gasteiger partial charge in [0.1, 0.15) is 0 Å². The van der Waals surface area contributed by atoms with Crippen molar-refractivity contribution >= 4 is 11.4 Å². The predicted molar refractivity (Wildman–Crippen MR) is 71.0 cm³/mol. The molecule has 0 spiro atoms. The monoisotopic (exact) mass is 241 g/mol. The van der Waals surface area contributed by atoms with Gasteiger partial charge in [-0.3, -0.25) is 4.68 Å². The van der Waals surface area contributed by atoms with Crippen LogP contribution in [-0.4, -0.2) is 16.3 Å². The zero-order valence-electron chi connectivity index (χ0n) is 10.2. The van der Waals surface area contributed by atoms with E-state index < -0.39 is 0 Å². The second kappa shape index (κ2) is 5.23. The average Bonchev–Trinajstić information content (AvgIpc) is 2.77. The number of hydrogen-bond donors (Lipinski definition) is 2. The summed E-state index contributed by atoms with van der Waals surface area (Å²) < 4.78 is 1.88. The number of aromatic nitrogens is 2. The molecule has 5 heteroatoms. The van der Waals surface area contributed by atoms with Crippen LogP contribution in [0.5, 0.6) is 0 Å². The molecule has 5 nitrogen and oxygen atoms in total. The number of nitriles is 1. The highest BCUT2D eigenvalue weighted by Gasteiger charge is 2.00. The van der Waals surface area contributed by atoms with Crippen LogP contribution in [0.3, 0.4) is 0 Å². The van der Waals surface area contributed by atoms with Crippen LogP contribution >= 0.6 is 0 Å². The first-order valence-electron chi connectivity index (χ1n) is 5.71. The molecule has 0 aliphatic heterocycles. The number of nitrogen functional groups attached to an aromatic ring is 1. The Kier molecular flexibility index (Phi) is 3.49.